The summed E-state index contributed by atoms with van der Waals surface area (Å²) in [6.45, 7) is 6.72. The van der Waals surface area contributed by atoms with Crippen molar-refractivity contribution < 1.29 is 4.79 Å². The molecule has 1 atom stereocenters. The Morgan fingerprint density at radius 2 is 1.80 bits per heavy atom. The molecule has 0 fully saturated rings. The van der Waals surface area contributed by atoms with Gasteiger partial charge in [-0.25, -0.2) is 0 Å². The minimum absolute atomic E-state index is 0.0432. The lowest BCUT2D eigenvalue weighted by Gasteiger charge is -2.24. The lowest BCUT2D eigenvalue weighted by molar-refractivity contribution is -0.118. The molecule has 1 aromatic rings. The van der Waals surface area contributed by atoms with Gasteiger partial charge in [0.15, 0.2) is 0 Å². The molecule has 0 spiro atoms. The van der Waals surface area contributed by atoms with Crippen molar-refractivity contribution in [2.75, 3.05) is 0 Å². The lowest BCUT2D eigenvalue weighted by Crippen LogP contribution is -2.16. The van der Waals surface area contributed by atoms with Crippen LogP contribution in [0.3, 0.4) is 0 Å². The maximum absolute atomic E-state index is 10.7. The first kappa shape index (κ1) is 16.7. The molecule has 20 heavy (non-hydrogen) atoms. The number of carbonyl (C=O) groups excluding carboxylic acids is 1. The zero-order valence-electron chi connectivity index (χ0n) is 13.0. The van der Waals surface area contributed by atoms with Crippen molar-refractivity contribution in [3.8, 4) is 0 Å². The first-order valence-corrected chi connectivity index (χ1v) is 7.51. The number of unbranched alkanes of at least 4 members (excludes halogenated alkanes) is 1. The molecule has 4 N–H and O–H groups in total. The molecule has 0 aromatic heterocycles. The van der Waals surface area contributed by atoms with E-state index in [1.54, 1.807) is 0 Å². The molecule has 0 bridgehead atoms. The fraction of sp³-hybridized carbons (Fsp3) is 0.588. The van der Waals surface area contributed by atoms with Crippen LogP contribution >= 0.6 is 0 Å². The van der Waals surface area contributed by atoms with E-state index in [-0.39, 0.29) is 17.4 Å². The summed E-state index contributed by atoms with van der Waals surface area (Å²) in [6, 6.07) is 8.67. The second-order valence-corrected chi connectivity index (χ2v) is 6.18. The van der Waals surface area contributed by atoms with Crippen LogP contribution < -0.4 is 11.5 Å². The summed E-state index contributed by atoms with van der Waals surface area (Å²) in [5.41, 5.74) is 14.0. The number of rotatable bonds is 8. The quantitative estimate of drug-likeness (QED) is 0.714. The molecule has 0 radical (unpaired) electrons. The number of carbonyl (C=O) groups is 1. The standard InChI is InChI=1S/C17H28N2O/c1-4-17(2,3)14-11-9-13(10-12-14)15(18)7-5-6-8-16(19)20/h9-12,15H,4-8,18H2,1-3H3,(H2,19,20). The molecule has 0 saturated carbocycles. The maximum Gasteiger partial charge on any atom is 0.217 e. The third kappa shape index (κ3) is 4.97. The fourth-order valence-corrected chi connectivity index (χ4v) is 2.22. The first-order valence-electron chi connectivity index (χ1n) is 7.51. The number of hydrogen-bond acceptors (Lipinski definition) is 2. The molecule has 3 nitrogen and oxygen atoms in total. The summed E-state index contributed by atoms with van der Waals surface area (Å²) in [5, 5.41) is 0. The highest BCUT2D eigenvalue weighted by atomic mass is 16.1. The summed E-state index contributed by atoms with van der Waals surface area (Å²) < 4.78 is 0. The van der Waals surface area contributed by atoms with Gasteiger partial charge in [0.05, 0.1) is 0 Å². The predicted octanol–water partition coefficient (Wildman–Crippen LogP) is 3.42. The second kappa shape index (κ2) is 7.44. The highest BCUT2D eigenvalue weighted by Crippen LogP contribution is 2.28. The Bertz CT molecular complexity index is 423. The van der Waals surface area contributed by atoms with Crippen LogP contribution in [-0.4, -0.2) is 5.91 Å². The van der Waals surface area contributed by atoms with Crippen LogP contribution in [0.1, 0.15) is 70.0 Å². The highest BCUT2D eigenvalue weighted by molar-refractivity contribution is 5.73. The molecule has 1 amide bonds. The Labute approximate surface area is 122 Å². The normalized spacial score (nSPS) is 13.2. The fourth-order valence-electron chi connectivity index (χ4n) is 2.22. The van der Waals surface area contributed by atoms with Crippen LogP contribution in [0.4, 0.5) is 0 Å². The van der Waals surface area contributed by atoms with Crippen LogP contribution in [0.2, 0.25) is 0 Å². The van der Waals surface area contributed by atoms with Crippen LogP contribution in [0.5, 0.6) is 0 Å². The van der Waals surface area contributed by atoms with Gasteiger partial charge in [0, 0.05) is 12.5 Å². The number of benzene rings is 1. The molecule has 0 saturated heterocycles. The van der Waals surface area contributed by atoms with Crippen LogP contribution in [0.25, 0.3) is 0 Å². The zero-order valence-corrected chi connectivity index (χ0v) is 13.0. The van der Waals surface area contributed by atoms with Crippen molar-refractivity contribution >= 4 is 5.91 Å². The second-order valence-electron chi connectivity index (χ2n) is 6.18. The SMILES string of the molecule is CCC(C)(C)c1ccc(C(N)CCCCC(N)=O)cc1. The summed E-state index contributed by atoms with van der Waals surface area (Å²) >= 11 is 0. The summed E-state index contributed by atoms with van der Waals surface area (Å²) in [5.74, 6) is -0.232. The largest absolute Gasteiger partial charge is 0.370 e. The molecular weight excluding hydrogens is 248 g/mol. The molecule has 0 aliphatic carbocycles. The van der Waals surface area contributed by atoms with Crippen molar-refractivity contribution in [3.63, 3.8) is 0 Å². The van der Waals surface area contributed by atoms with E-state index in [4.69, 9.17) is 11.5 Å². The van der Waals surface area contributed by atoms with Gasteiger partial charge in [-0.05, 0) is 35.8 Å². The molecule has 112 valence electrons. The molecule has 1 unspecified atom stereocenters. The van der Waals surface area contributed by atoms with Crippen molar-refractivity contribution in [1.29, 1.82) is 0 Å². The van der Waals surface area contributed by atoms with E-state index < -0.39 is 0 Å². The summed E-state index contributed by atoms with van der Waals surface area (Å²) in [7, 11) is 0. The van der Waals surface area contributed by atoms with Gasteiger partial charge < -0.3 is 11.5 Å². The monoisotopic (exact) mass is 276 g/mol. The first-order chi connectivity index (χ1) is 9.36. The number of nitrogens with two attached hydrogens (primary N) is 2. The number of hydrogen-bond donors (Lipinski definition) is 2. The van der Waals surface area contributed by atoms with Crippen LogP contribution in [0, 0.1) is 0 Å². The van der Waals surface area contributed by atoms with Gasteiger partial charge >= 0.3 is 0 Å². The molecule has 0 aliphatic rings. The minimum atomic E-state index is -0.232. The molecule has 0 aliphatic heterocycles. The Hall–Kier alpha value is -1.35. The van der Waals surface area contributed by atoms with Crippen molar-refractivity contribution in [2.45, 2.75) is 64.3 Å². The van der Waals surface area contributed by atoms with Gasteiger partial charge in [-0.2, -0.15) is 0 Å². The third-order valence-electron chi connectivity index (χ3n) is 4.19. The van der Waals surface area contributed by atoms with E-state index in [1.807, 2.05) is 0 Å². The number of amides is 1. The Morgan fingerprint density at radius 3 is 2.30 bits per heavy atom. The Morgan fingerprint density at radius 1 is 1.20 bits per heavy atom. The van der Waals surface area contributed by atoms with E-state index in [2.05, 4.69) is 45.0 Å². The van der Waals surface area contributed by atoms with Gasteiger partial charge in [-0.1, -0.05) is 51.5 Å². The van der Waals surface area contributed by atoms with Gasteiger partial charge in [-0.15, -0.1) is 0 Å². The summed E-state index contributed by atoms with van der Waals surface area (Å²) in [4.78, 5) is 10.7. The lowest BCUT2D eigenvalue weighted by atomic mass is 9.81. The van der Waals surface area contributed by atoms with Crippen molar-refractivity contribution in [3.05, 3.63) is 35.4 Å². The van der Waals surface area contributed by atoms with Crippen LogP contribution in [-0.2, 0) is 10.2 Å². The van der Waals surface area contributed by atoms with Gasteiger partial charge in [0.25, 0.3) is 0 Å². The maximum atomic E-state index is 10.7. The molecule has 0 heterocycles. The topological polar surface area (TPSA) is 69.1 Å². The highest BCUT2D eigenvalue weighted by Gasteiger charge is 2.18. The van der Waals surface area contributed by atoms with Gasteiger partial charge in [0.2, 0.25) is 5.91 Å². The summed E-state index contributed by atoms with van der Waals surface area (Å²) in [6.07, 6.45) is 4.22. The molecule has 1 rings (SSSR count). The van der Waals surface area contributed by atoms with E-state index in [1.165, 1.54) is 11.1 Å². The molecule has 1 aromatic carbocycles. The third-order valence-corrected chi connectivity index (χ3v) is 4.19. The minimum Gasteiger partial charge on any atom is -0.370 e. The van der Waals surface area contributed by atoms with E-state index in [0.29, 0.717) is 6.42 Å². The van der Waals surface area contributed by atoms with Gasteiger partial charge in [-0.3, -0.25) is 4.79 Å². The average molecular weight is 276 g/mol. The van der Waals surface area contributed by atoms with Gasteiger partial charge in [0.1, 0.15) is 0 Å². The van der Waals surface area contributed by atoms with E-state index in [9.17, 15) is 4.79 Å². The molecular formula is C17H28N2O. The van der Waals surface area contributed by atoms with E-state index in [0.717, 1.165) is 25.7 Å². The Balaban J connectivity index is 2.53. The zero-order chi connectivity index (χ0) is 15.2. The predicted molar refractivity (Wildman–Crippen MR) is 84.3 cm³/mol. The molecule has 3 heteroatoms. The van der Waals surface area contributed by atoms with Crippen molar-refractivity contribution in [1.82, 2.24) is 0 Å². The van der Waals surface area contributed by atoms with Crippen LogP contribution in [0.15, 0.2) is 24.3 Å². The number of primary amides is 1. The Kier molecular flexibility index (Phi) is 6.21. The van der Waals surface area contributed by atoms with E-state index >= 15 is 0 Å². The smallest absolute Gasteiger partial charge is 0.217 e. The average Bonchev–Trinajstić information content (AvgIpc) is 2.43. The van der Waals surface area contributed by atoms with Crippen molar-refractivity contribution in [2.24, 2.45) is 11.5 Å².